The van der Waals surface area contributed by atoms with E-state index in [0.29, 0.717) is 5.56 Å². The van der Waals surface area contributed by atoms with Crippen LogP contribution in [0.2, 0.25) is 0 Å². The molecule has 1 aromatic rings. The van der Waals surface area contributed by atoms with E-state index in [1.54, 1.807) is 19.1 Å². The Labute approximate surface area is 119 Å². The van der Waals surface area contributed by atoms with Gasteiger partial charge in [-0.25, -0.2) is 9.18 Å². The second-order valence-electron chi connectivity index (χ2n) is 3.20. The quantitative estimate of drug-likeness (QED) is 0.652. The molecule has 1 rings (SSSR count). The average Bonchev–Trinajstić information content (AvgIpc) is 2.28. The van der Waals surface area contributed by atoms with Crippen LogP contribution < -0.4 is 5.73 Å². The van der Waals surface area contributed by atoms with Gasteiger partial charge in [0, 0.05) is 3.57 Å². The van der Waals surface area contributed by atoms with Crippen LogP contribution in [0.5, 0.6) is 0 Å². The monoisotopic (exact) mass is 373 g/mol. The van der Waals surface area contributed by atoms with Gasteiger partial charge in [-0.15, -0.1) is 12.4 Å². The van der Waals surface area contributed by atoms with Gasteiger partial charge in [0.1, 0.15) is 0 Å². The van der Waals surface area contributed by atoms with Crippen LogP contribution in [0.25, 0.3) is 0 Å². The fraction of sp³-hybridized carbons (Fsp3) is 0.364. The topological polar surface area (TPSA) is 52.3 Å². The Hall–Kier alpha value is -0.400. The van der Waals surface area contributed by atoms with E-state index in [4.69, 9.17) is 5.73 Å². The third-order valence-corrected chi connectivity index (χ3v) is 3.07. The maximum Gasteiger partial charge on any atom is 0.342 e. The Bertz CT molecular complexity index is 378. The minimum absolute atomic E-state index is 0. The van der Waals surface area contributed by atoms with Gasteiger partial charge >= 0.3 is 5.97 Å². The molecule has 0 amide bonds. The first-order chi connectivity index (χ1) is 7.57. The molecule has 0 spiro atoms. The Morgan fingerprint density at radius 1 is 1.53 bits per heavy atom. The highest BCUT2D eigenvalue weighted by Crippen LogP contribution is 2.22. The lowest BCUT2D eigenvalue weighted by molar-refractivity contribution is -0.149. The van der Waals surface area contributed by atoms with Crippen LogP contribution in [0.1, 0.15) is 18.5 Å². The lowest BCUT2D eigenvalue weighted by Gasteiger charge is -2.16. The molecule has 2 N–H and O–H groups in total. The fourth-order valence-electron chi connectivity index (χ4n) is 1.27. The van der Waals surface area contributed by atoms with Crippen molar-refractivity contribution in [3.8, 4) is 0 Å². The van der Waals surface area contributed by atoms with Gasteiger partial charge in [-0.2, -0.15) is 0 Å². The SMILES string of the molecule is CCOC(=O)C(F)[C@@H](N)c1ccccc1I.Cl. The average molecular weight is 374 g/mol. The van der Waals surface area contributed by atoms with Crippen molar-refractivity contribution in [3.63, 3.8) is 0 Å². The zero-order chi connectivity index (χ0) is 12.1. The van der Waals surface area contributed by atoms with E-state index in [-0.39, 0.29) is 19.0 Å². The number of halogens is 3. The molecule has 0 heterocycles. The first-order valence-corrected chi connectivity index (χ1v) is 5.96. The molecule has 0 bridgehead atoms. The van der Waals surface area contributed by atoms with Crippen LogP contribution in [0.4, 0.5) is 4.39 Å². The molecule has 3 nitrogen and oxygen atoms in total. The van der Waals surface area contributed by atoms with Gasteiger partial charge in [-0.1, -0.05) is 18.2 Å². The van der Waals surface area contributed by atoms with Crippen molar-refractivity contribution >= 4 is 41.0 Å². The lowest BCUT2D eigenvalue weighted by atomic mass is 10.0. The number of benzene rings is 1. The molecule has 1 aromatic carbocycles. The molecular formula is C11H14ClFINO2. The number of carbonyl (C=O) groups excluding carboxylic acids is 1. The van der Waals surface area contributed by atoms with Gasteiger partial charge < -0.3 is 10.5 Å². The highest BCUT2D eigenvalue weighted by molar-refractivity contribution is 14.1. The summed E-state index contributed by atoms with van der Waals surface area (Å²) in [6, 6.07) is 6.13. The summed E-state index contributed by atoms with van der Waals surface area (Å²) >= 11 is 2.05. The van der Waals surface area contributed by atoms with Crippen molar-refractivity contribution in [2.45, 2.75) is 19.1 Å². The van der Waals surface area contributed by atoms with E-state index in [9.17, 15) is 9.18 Å². The zero-order valence-corrected chi connectivity index (χ0v) is 12.2. The van der Waals surface area contributed by atoms with Crippen molar-refractivity contribution in [2.75, 3.05) is 6.61 Å². The lowest BCUT2D eigenvalue weighted by Crippen LogP contribution is -2.32. The van der Waals surface area contributed by atoms with Gasteiger partial charge in [0.2, 0.25) is 6.17 Å². The predicted octanol–water partition coefficient (Wildman–Crippen LogP) is 2.61. The number of alkyl halides is 1. The van der Waals surface area contributed by atoms with Gasteiger partial charge in [-0.3, -0.25) is 0 Å². The van der Waals surface area contributed by atoms with E-state index < -0.39 is 18.2 Å². The van der Waals surface area contributed by atoms with Gasteiger partial charge in [0.15, 0.2) is 0 Å². The van der Waals surface area contributed by atoms with E-state index in [2.05, 4.69) is 27.3 Å². The fourth-order valence-corrected chi connectivity index (χ4v) is 2.02. The second kappa shape index (κ2) is 7.84. The third-order valence-electron chi connectivity index (χ3n) is 2.09. The van der Waals surface area contributed by atoms with Crippen molar-refractivity contribution < 1.29 is 13.9 Å². The van der Waals surface area contributed by atoms with Gasteiger partial charge in [0.05, 0.1) is 12.6 Å². The number of carbonyl (C=O) groups is 1. The van der Waals surface area contributed by atoms with Crippen LogP contribution in [0, 0.1) is 3.57 Å². The van der Waals surface area contributed by atoms with Crippen LogP contribution in [0.15, 0.2) is 24.3 Å². The summed E-state index contributed by atoms with van der Waals surface area (Å²) in [6.07, 6.45) is -1.82. The molecule has 0 aliphatic heterocycles. The van der Waals surface area contributed by atoms with Crippen LogP contribution in [-0.2, 0) is 9.53 Å². The summed E-state index contributed by atoms with van der Waals surface area (Å²) in [5.41, 5.74) is 6.30. The molecule has 0 saturated heterocycles. The summed E-state index contributed by atoms with van der Waals surface area (Å²) in [4.78, 5) is 11.2. The molecule has 96 valence electrons. The molecule has 0 radical (unpaired) electrons. The van der Waals surface area contributed by atoms with Crippen molar-refractivity contribution in [2.24, 2.45) is 5.73 Å². The number of rotatable bonds is 4. The molecule has 6 heteroatoms. The Morgan fingerprint density at radius 3 is 2.65 bits per heavy atom. The number of hydrogen-bond donors (Lipinski definition) is 1. The molecule has 1 unspecified atom stereocenters. The highest BCUT2D eigenvalue weighted by Gasteiger charge is 2.28. The Kier molecular flexibility index (Phi) is 7.65. The minimum Gasteiger partial charge on any atom is -0.464 e. The molecule has 0 saturated carbocycles. The van der Waals surface area contributed by atoms with Crippen LogP contribution in [-0.4, -0.2) is 18.7 Å². The van der Waals surface area contributed by atoms with Gasteiger partial charge in [-0.05, 0) is 41.1 Å². The molecule has 0 aliphatic carbocycles. The standard InChI is InChI=1S/C11H13FINO2.ClH/c1-2-16-11(15)9(12)10(14)7-5-3-4-6-8(7)13;/h3-6,9-10H,2,14H2,1H3;1H/t9?,10-;/m0./s1. The summed E-state index contributed by atoms with van der Waals surface area (Å²) in [5, 5.41) is 0. The Morgan fingerprint density at radius 2 is 2.12 bits per heavy atom. The van der Waals surface area contributed by atoms with E-state index >= 15 is 0 Å². The maximum atomic E-state index is 13.6. The zero-order valence-electron chi connectivity index (χ0n) is 9.23. The second-order valence-corrected chi connectivity index (χ2v) is 4.36. The van der Waals surface area contributed by atoms with E-state index in [0.717, 1.165) is 3.57 Å². The molecule has 17 heavy (non-hydrogen) atoms. The molecule has 2 atom stereocenters. The van der Waals surface area contributed by atoms with Crippen molar-refractivity contribution in [3.05, 3.63) is 33.4 Å². The summed E-state index contributed by atoms with van der Waals surface area (Å²) < 4.78 is 19.1. The van der Waals surface area contributed by atoms with Crippen molar-refractivity contribution in [1.82, 2.24) is 0 Å². The Balaban J connectivity index is 0.00000256. The van der Waals surface area contributed by atoms with E-state index in [1.807, 2.05) is 12.1 Å². The normalized spacial score (nSPS) is 13.4. The number of esters is 1. The molecule has 0 aromatic heterocycles. The highest BCUT2D eigenvalue weighted by atomic mass is 127. The summed E-state index contributed by atoms with van der Waals surface area (Å²) in [7, 11) is 0. The molecule has 0 fully saturated rings. The number of nitrogens with two attached hydrogens (primary N) is 1. The number of ether oxygens (including phenoxy) is 1. The van der Waals surface area contributed by atoms with Crippen molar-refractivity contribution in [1.29, 1.82) is 0 Å². The van der Waals surface area contributed by atoms with Crippen LogP contribution in [0.3, 0.4) is 0 Å². The molecular weight excluding hydrogens is 359 g/mol. The predicted molar refractivity (Wildman–Crippen MR) is 74.9 cm³/mol. The minimum atomic E-state index is -1.82. The number of hydrogen-bond acceptors (Lipinski definition) is 3. The van der Waals surface area contributed by atoms with Gasteiger partial charge in [0.25, 0.3) is 0 Å². The first kappa shape index (κ1) is 16.6. The largest absolute Gasteiger partial charge is 0.464 e. The summed E-state index contributed by atoms with van der Waals surface area (Å²) in [6.45, 7) is 1.78. The smallest absolute Gasteiger partial charge is 0.342 e. The first-order valence-electron chi connectivity index (χ1n) is 4.88. The van der Waals surface area contributed by atoms with Crippen LogP contribution >= 0.6 is 35.0 Å². The van der Waals surface area contributed by atoms with E-state index in [1.165, 1.54) is 0 Å². The maximum absolute atomic E-state index is 13.6. The molecule has 0 aliphatic rings. The third kappa shape index (κ3) is 4.40. The summed E-state index contributed by atoms with van der Waals surface area (Å²) in [5.74, 6) is -0.908.